The van der Waals surface area contributed by atoms with Crippen LogP contribution in [0.1, 0.15) is 30.9 Å². The minimum absolute atomic E-state index is 0.0574. The van der Waals surface area contributed by atoms with Gasteiger partial charge in [0.15, 0.2) is 0 Å². The molecule has 7 nitrogen and oxygen atoms in total. The lowest BCUT2D eigenvalue weighted by Gasteiger charge is -2.47. The van der Waals surface area contributed by atoms with E-state index in [1.165, 1.54) is 0 Å². The molecule has 172 valence electrons. The van der Waals surface area contributed by atoms with Gasteiger partial charge in [-0.1, -0.05) is 31.2 Å². The number of benzene rings is 2. The van der Waals surface area contributed by atoms with Gasteiger partial charge in [0.25, 0.3) is 0 Å². The number of hydrogen-bond donors (Lipinski definition) is 5. The molecule has 0 amide bonds. The highest BCUT2D eigenvalue weighted by Crippen LogP contribution is 2.47. The van der Waals surface area contributed by atoms with E-state index in [4.69, 9.17) is 19.7 Å². The van der Waals surface area contributed by atoms with Gasteiger partial charge < -0.3 is 35.0 Å². The average Bonchev–Trinajstić information content (AvgIpc) is 2.81. The van der Waals surface area contributed by atoms with Crippen molar-refractivity contribution in [2.75, 3.05) is 46.2 Å². The fraction of sp³-hybridized carbons (Fsp3) is 0.500. The number of ether oxygens (including phenoxy) is 2. The van der Waals surface area contributed by atoms with E-state index in [1.54, 1.807) is 24.3 Å². The molecule has 0 radical (unpaired) electrons. The SMILES string of the molecule is CC(c1ccc(OCCCO)cc1)(c1ccc(OCCCO)cc1)C(CO)(CO)CO. The van der Waals surface area contributed by atoms with E-state index >= 15 is 0 Å². The Morgan fingerprint density at radius 1 is 0.613 bits per heavy atom. The molecule has 7 heteroatoms. The lowest BCUT2D eigenvalue weighted by Crippen LogP contribution is -2.52. The molecule has 2 aromatic rings. The fourth-order valence-electron chi connectivity index (χ4n) is 3.68. The zero-order chi connectivity index (χ0) is 22.7. The van der Waals surface area contributed by atoms with Crippen LogP contribution in [0.5, 0.6) is 11.5 Å². The van der Waals surface area contributed by atoms with Gasteiger partial charge in [-0.05, 0) is 35.4 Å². The van der Waals surface area contributed by atoms with Crippen molar-refractivity contribution in [2.45, 2.75) is 25.2 Å². The van der Waals surface area contributed by atoms with Crippen LogP contribution in [0, 0.1) is 5.41 Å². The standard InChI is InChI=1S/C24H34O7/c1-23(24(16-27,17-28)18-29,19-4-8-21(9-5-19)30-14-2-12-25)20-6-10-22(11-7-20)31-15-3-13-26/h4-11,25-29H,2-3,12-18H2,1H3. The van der Waals surface area contributed by atoms with Crippen LogP contribution in [0.25, 0.3) is 0 Å². The molecule has 0 fully saturated rings. The van der Waals surface area contributed by atoms with E-state index < -0.39 is 30.7 Å². The van der Waals surface area contributed by atoms with Gasteiger partial charge in [0.2, 0.25) is 0 Å². The third-order valence-electron chi connectivity index (χ3n) is 5.97. The lowest BCUT2D eigenvalue weighted by atomic mass is 9.58. The summed E-state index contributed by atoms with van der Waals surface area (Å²) in [6.45, 7) is 1.56. The molecule has 0 bridgehead atoms. The average molecular weight is 435 g/mol. The molecule has 0 spiro atoms. The van der Waals surface area contributed by atoms with E-state index in [9.17, 15) is 15.3 Å². The van der Waals surface area contributed by atoms with E-state index in [0.717, 1.165) is 11.1 Å². The fourth-order valence-corrected chi connectivity index (χ4v) is 3.68. The molecule has 0 saturated carbocycles. The van der Waals surface area contributed by atoms with Gasteiger partial charge in [0.1, 0.15) is 11.5 Å². The van der Waals surface area contributed by atoms with Crippen molar-refractivity contribution in [3.63, 3.8) is 0 Å². The van der Waals surface area contributed by atoms with Crippen LogP contribution >= 0.6 is 0 Å². The van der Waals surface area contributed by atoms with Crippen molar-refractivity contribution in [1.82, 2.24) is 0 Å². The van der Waals surface area contributed by atoms with Crippen molar-refractivity contribution in [1.29, 1.82) is 0 Å². The highest BCUT2D eigenvalue weighted by Gasteiger charge is 2.49. The van der Waals surface area contributed by atoms with Gasteiger partial charge in [-0.25, -0.2) is 0 Å². The topological polar surface area (TPSA) is 120 Å². The monoisotopic (exact) mass is 434 g/mol. The summed E-state index contributed by atoms with van der Waals surface area (Å²) in [5.41, 5.74) is -0.537. The number of aliphatic hydroxyl groups is 5. The summed E-state index contributed by atoms with van der Waals surface area (Å²) in [4.78, 5) is 0. The molecule has 31 heavy (non-hydrogen) atoms. The van der Waals surface area contributed by atoms with Crippen molar-refractivity contribution < 1.29 is 35.0 Å². The first-order valence-electron chi connectivity index (χ1n) is 10.5. The first-order chi connectivity index (χ1) is 15.0. The Morgan fingerprint density at radius 3 is 1.26 bits per heavy atom. The van der Waals surface area contributed by atoms with Crippen molar-refractivity contribution >= 4 is 0 Å². The van der Waals surface area contributed by atoms with E-state index in [-0.39, 0.29) is 13.2 Å². The summed E-state index contributed by atoms with van der Waals surface area (Å²) >= 11 is 0. The summed E-state index contributed by atoms with van der Waals surface area (Å²) in [5, 5.41) is 48.4. The van der Waals surface area contributed by atoms with Gasteiger partial charge in [-0.15, -0.1) is 0 Å². The Hall–Kier alpha value is -2.16. The van der Waals surface area contributed by atoms with Crippen LogP contribution in [0.2, 0.25) is 0 Å². The lowest BCUT2D eigenvalue weighted by molar-refractivity contribution is -0.0370. The minimum Gasteiger partial charge on any atom is -0.494 e. The molecule has 0 atom stereocenters. The van der Waals surface area contributed by atoms with Crippen LogP contribution in [0.4, 0.5) is 0 Å². The second-order valence-corrected chi connectivity index (χ2v) is 7.78. The third-order valence-corrected chi connectivity index (χ3v) is 5.97. The molecule has 5 N–H and O–H groups in total. The maximum atomic E-state index is 10.2. The van der Waals surface area contributed by atoms with E-state index in [0.29, 0.717) is 37.6 Å². The summed E-state index contributed by atoms with van der Waals surface area (Å²) in [5.74, 6) is 1.30. The summed E-state index contributed by atoms with van der Waals surface area (Å²) in [6.07, 6.45) is 1.07. The van der Waals surface area contributed by atoms with Crippen molar-refractivity contribution in [2.24, 2.45) is 5.41 Å². The van der Waals surface area contributed by atoms with Gasteiger partial charge in [0.05, 0.1) is 38.4 Å². The predicted octanol–water partition coefficient (Wildman–Crippen LogP) is 1.48. The molecule has 0 saturated heterocycles. The van der Waals surface area contributed by atoms with Gasteiger partial charge in [-0.2, -0.15) is 0 Å². The molecule has 0 unspecified atom stereocenters. The summed E-state index contributed by atoms with van der Waals surface area (Å²) in [6, 6.07) is 14.6. The second kappa shape index (κ2) is 12.0. The molecule has 2 rings (SSSR count). The smallest absolute Gasteiger partial charge is 0.119 e. The molecule has 0 aliphatic rings. The van der Waals surface area contributed by atoms with E-state index in [1.807, 2.05) is 31.2 Å². The van der Waals surface area contributed by atoms with Gasteiger partial charge in [-0.3, -0.25) is 0 Å². The first kappa shape index (κ1) is 25.1. The van der Waals surface area contributed by atoms with Gasteiger partial charge in [0, 0.05) is 31.5 Å². The van der Waals surface area contributed by atoms with Crippen LogP contribution in [-0.4, -0.2) is 71.8 Å². The zero-order valence-corrected chi connectivity index (χ0v) is 18.0. The second-order valence-electron chi connectivity index (χ2n) is 7.78. The Morgan fingerprint density at radius 2 is 0.968 bits per heavy atom. The van der Waals surface area contributed by atoms with Crippen LogP contribution in [-0.2, 0) is 5.41 Å². The normalized spacial score (nSPS) is 12.1. The zero-order valence-electron chi connectivity index (χ0n) is 18.0. The molecular formula is C24H34O7. The maximum absolute atomic E-state index is 10.2. The molecule has 0 aliphatic carbocycles. The predicted molar refractivity (Wildman–Crippen MR) is 117 cm³/mol. The largest absolute Gasteiger partial charge is 0.494 e. The minimum atomic E-state index is -1.22. The maximum Gasteiger partial charge on any atom is 0.119 e. The first-order valence-corrected chi connectivity index (χ1v) is 10.5. The Balaban J connectivity index is 2.42. The highest BCUT2D eigenvalue weighted by atomic mass is 16.5. The van der Waals surface area contributed by atoms with Crippen molar-refractivity contribution in [3.05, 3.63) is 59.7 Å². The Labute approximate surface area is 183 Å². The summed E-state index contributed by atoms with van der Waals surface area (Å²) in [7, 11) is 0. The van der Waals surface area contributed by atoms with Crippen molar-refractivity contribution in [3.8, 4) is 11.5 Å². The number of hydrogen-bond acceptors (Lipinski definition) is 7. The third kappa shape index (κ3) is 5.56. The molecular weight excluding hydrogens is 400 g/mol. The Bertz CT molecular complexity index is 693. The molecule has 2 aromatic carbocycles. The van der Waals surface area contributed by atoms with Gasteiger partial charge >= 0.3 is 0 Å². The van der Waals surface area contributed by atoms with Crippen LogP contribution in [0.3, 0.4) is 0 Å². The van der Waals surface area contributed by atoms with E-state index in [2.05, 4.69) is 0 Å². The molecule has 0 heterocycles. The van der Waals surface area contributed by atoms with Crippen LogP contribution in [0.15, 0.2) is 48.5 Å². The molecule has 0 aromatic heterocycles. The van der Waals surface area contributed by atoms with Crippen LogP contribution < -0.4 is 9.47 Å². The number of aliphatic hydroxyl groups excluding tert-OH is 5. The Kier molecular flexibility index (Phi) is 9.74. The quantitative estimate of drug-likeness (QED) is 0.286. The summed E-state index contributed by atoms with van der Waals surface area (Å²) < 4.78 is 11.2. The molecule has 0 aliphatic heterocycles. The highest BCUT2D eigenvalue weighted by molar-refractivity contribution is 5.45. The number of rotatable bonds is 14.